The third-order valence-electron chi connectivity index (χ3n) is 2.06. The zero-order valence-electron chi connectivity index (χ0n) is 9.18. The van der Waals surface area contributed by atoms with Gasteiger partial charge in [-0.1, -0.05) is 0 Å². The standard InChI is InChI=1S/C10H11F3N2O3/c11-10(12,13)6-15(3-4-16)9(18)7-1-2-14-5-8(7)17/h1-2,5,16-17H,3-4,6H2. The number of nitrogens with zero attached hydrogens (tertiary/aromatic N) is 2. The Balaban J connectivity index is 2.93. The van der Waals surface area contributed by atoms with Gasteiger partial charge in [0.05, 0.1) is 18.4 Å². The van der Waals surface area contributed by atoms with Crippen molar-refractivity contribution >= 4 is 5.91 Å². The summed E-state index contributed by atoms with van der Waals surface area (Å²) in [6.07, 6.45) is -2.44. The zero-order valence-corrected chi connectivity index (χ0v) is 9.18. The van der Waals surface area contributed by atoms with Crippen molar-refractivity contribution in [2.75, 3.05) is 19.7 Å². The third-order valence-corrected chi connectivity index (χ3v) is 2.06. The number of alkyl halides is 3. The van der Waals surface area contributed by atoms with Crippen LogP contribution >= 0.6 is 0 Å². The fraction of sp³-hybridized carbons (Fsp3) is 0.400. The van der Waals surface area contributed by atoms with Crippen LogP contribution in [0.15, 0.2) is 18.5 Å². The molecule has 2 N–H and O–H groups in total. The number of halogens is 3. The van der Waals surface area contributed by atoms with Gasteiger partial charge < -0.3 is 15.1 Å². The molecule has 18 heavy (non-hydrogen) atoms. The van der Waals surface area contributed by atoms with Crippen LogP contribution in [0.25, 0.3) is 0 Å². The number of rotatable bonds is 4. The van der Waals surface area contributed by atoms with Crippen molar-refractivity contribution in [3.05, 3.63) is 24.0 Å². The number of carbonyl (C=O) groups is 1. The van der Waals surface area contributed by atoms with E-state index in [-0.39, 0.29) is 5.56 Å². The lowest BCUT2D eigenvalue weighted by Gasteiger charge is -2.23. The highest BCUT2D eigenvalue weighted by Gasteiger charge is 2.33. The van der Waals surface area contributed by atoms with Crippen LogP contribution in [-0.2, 0) is 0 Å². The van der Waals surface area contributed by atoms with Crippen molar-refractivity contribution in [3.8, 4) is 5.75 Å². The first-order valence-electron chi connectivity index (χ1n) is 4.95. The van der Waals surface area contributed by atoms with E-state index in [9.17, 15) is 23.1 Å². The predicted molar refractivity (Wildman–Crippen MR) is 54.9 cm³/mol. The second-order valence-electron chi connectivity index (χ2n) is 3.46. The van der Waals surface area contributed by atoms with Crippen molar-refractivity contribution in [1.82, 2.24) is 9.88 Å². The number of aromatic hydroxyl groups is 1. The van der Waals surface area contributed by atoms with Crippen molar-refractivity contribution in [3.63, 3.8) is 0 Å². The Hall–Kier alpha value is -1.83. The molecule has 0 saturated carbocycles. The first kappa shape index (κ1) is 14.2. The van der Waals surface area contributed by atoms with Crippen LogP contribution in [0.2, 0.25) is 0 Å². The minimum Gasteiger partial charge on any atom is -0.505 e. The molecule has 1 aromatic rings. The molecule has 0 radical (unpaired) electrons. The number of amides is 1. The van der Waals surface area contributed by atoms with Gasteiger partial charge in [0.15, 0.2) is 0 Å². The molecule has 0 aliphatic rings. The number of hydrogen-bond acceptors (Lipinski definition) is 4. The molecule has 0 unspecified atom stereocenters. The SMILES string of the molecule is O=C(c1ccncc1O)N(CCO)CC(F)(F)F. The van der Waals surface area contributed by atoms with Crippen molar-refractivity contribution in [1.29, 1.82) is 0 Å². The minimum atomic E-state index is -4.58. The number of aliphatic hydroxyl groups is 1. The molecule has 0 bridgehead atoms. The summed E-state index contributed by atoms with van der Waals surface area (Å²) in [6.45, 7) is -2.57. The van der Waals surface area contributed by atoms with E-state index in [0.29, 0.717) is 4.90 Å². The Bertz CT molecular complexity index is 423. The van der Waals surface area contributed by atoms with Crippen molar-refractivity contribution < 1.29 is 28.2 Å². The van der Waals surface area contributed by atoms with Gasteiger partial charge in [-0.2, -0.15) is 13.2 Å². The predicted octanol–water partition coefficient (Wildman–Crippen LogP) is 0.784. The molecule has 0 saturated heterocycles. The molecule has 0 aliphatic carbocycles. The van der Waals surface area contributed by atoms with Crippen LogP contribution in [-0.4, -0.2) is 51.9 Å². The van der Waals surface area contributed by atoms with Gasteiger partial charge in [0.1, 0.15) is 12.3 Å². The molecule has 0 aromatic carbocycles. The van der Waals surface area contributed by atoms with Crippen LogP contribution in [0.1, 0.15) is 10.4 Å². The zero-order chi connectivity index (χ0) is 13.8. The summed E-state index contributed by atoms with van der Waals surface area (Å²) in [4.78, 5) is 15.7. The van der Waals surface area contributed by atoms with E-state index in [0.717, 1.165) is 12.3 Å². The Morgan fingerprint density at radius 2 is 2.11 bits per heavy atom. The van der Waals surface area contributed by atoms with Gasteiger partial charge in [-0.3, -0.25) is 9.78 Å². The maximum absolute atomic E-state index is 12.3. The highest BCUT2D eigenvalue weighted by Crippen LogP contribution is 2.21. The molecule has 8 heteroatoms. The molecular formula is C10H11F3N2O3. The Morgan fingerprint density at radius 3 is 2.61 bits per heavy atom. The number of aromatic nitrogens is 1. The number of hydrogen-bond donors (Lipinski definition) is 2. The lowest BCUT2D eigenvalue weighted by atomic mass is 10.2. The van der Waals surface area contributed by atoms with Gasteiger partial charge in [0.2, 0.25) is 0 Å². The normalized spacial score (nSPS) is 11.3. The number of carbonyl (C=O) groups excluding carboxylic acids is 1. The highest BCUT2D eigenvalue weighted by molar-refractivity contribution is 5.96. The lowest BCUT2D eigenvalue weighted by molar-refractivity contribution is -0.141. The van der Waals surface area contributed by atoms with Crippen LogP contribution in [0.3, 0.4) is 0 Å². The molecule has 0 atom stereocenters. The van der Waals surface area contributed by atoms with Gasteiger partial charge in [-0.05, 0) is 6.07 Å². The molecule has 100 valence electrons. The van der Waals surface area contributed by atoms with Gasteiger partial charge in [-0.25, -0.2) is 0 Å². The number of pyridine rings is 1. The summed E-state index contributed by atoms with van der Waals surface area (Å²) in [5.41, 5.74) is -0.289. The smallest absolute Gasteiger partial charge is 0.406 e. The second-order valence-corrected chi connectivity index (χ2v) is 3.46. The summed E-state index contributed by atoms with van der Waals surface area (Å²) < 4.78 is 36.8. The summed E-state index contributed by atoms with van der Waals surface area (Å²) in [6, 6.07) is 1.11. The minimum absolute atomic E-state index is 0.289. The van der Waals surface area contributed by atoms with Gasteiger partial charge in [0.25, 0.3) is 5.91 Å². The van der Waals surface area contributed by atoms with E-state index in [2.05, 4.69) is 4.98 Å². The van der Waals surface area contributed by atoms with E-state index in [1.165, 1.54) is 6.20 Å². The first-order chi connectivity index (χ1) is 8.35. The Kier molecular flexibility index (Phi) is 4.49. The maximum Gasteiger partial charge on any atom is 0.406 e. The van der Waals surface area contributed by atoms with E-state index in [1.54, 1.807) is 0 Å². The first-order valence-corrected chi connectivity index (χ1v) is 4.95. The molecule has 1 aromatic heterocycles. The quantitative estimate of drug-likeness (QED) is 0.843. The van der Waals surface area contributed by atoms with Crippen molar-refractivity contribution in [2.45, 2.75) is 6.18 Å². The van der Waals surface area contributed by atoms with Crippen LogP contribution in [0, 0.1) is 0 Å². The van der Waals surface area contributed by atoms with E-state index in [1.807, 2.05) is 0 Å². The third kappa shape index (κ3) is 3.88. The molecule has 0 fully saturated rings. The second kappa shape index (κ2) is 5.67. The van der Waals surface area contributed by atoms with Crippen LogP contribution in [0.4, 0.5) is 13.2 Å². The average molecular weight is 264 g/mol. The average Bonchev–Trinajstić information content (AvgIpc) is 2.26. The lowest BCUT2D eigenvalue weighted by Crippen LogP contribution is -2.40. The summed E-state index contributed by atoms with van der Waals surface area (Å²) in [5.74, 6) is -1.52. The molecule has 1 rings (SSSR count). The summed E-state index contributed by atoms with van der Waals surface area (Å²) in [5, 5.41) is 18.0. The molecule has 0 aliphatic heterocycles. The van der Waals surface area contributed by atoms with Crippen molar-refractivity contribution in [2.24, 2.45) is 0 Å². The molecular weight excluding hydrogens is 253 g/mol. The summed E-state index contributed by atoms with van der Waals surface area (Å²) in [7, 11) is 0. The highest BCUT2D eigenvalue weighted by atomic mass is 19.4. The monoisotopic (exact) mass is 264 g/mol. The fourth-order valence-corrected chi connectivity index (χ4v) is 1.33. The maximum atomic E-state index is 12.3. The van der Waals surface area contributed by atoms with Gasteiger partial charge >= 0.3 is 6.18 Å². The molecule has 1 amide bonds. The van der Waals surface area contributed by atoms with Crippen LogP contribution < -0.4 is 0 Å². The Labute approximate surface area is 100 Å². The van der Waals surface area contributed by atoms with Crippen LogP contribution in [0.5, 0.6) is 5.75 Å². The molecule has 0 spiro atoms. The van der Waals surface area contributed by atoms with E-state index < -0.39 is 37.5 Å². The topological polar surface area (TPSA) is 73.7 Å². The van der Waals surface area contributed by atoms with Gasteiger partial charge in [-0.15, -0.1) is 0 Å². The number of aliphatic hydroxyl groups excluding tert-OH is 1. The Morgan fingerprint density at radius 1 is 1.44 bits per heavy atom. The molecule has 5 nitrogen and oxygen atoms in total. The summed E-state index contributed by atoms with van der Waals surface area (Å²) >= 11 is 0. The van der Waals surface area contributed by atoms with Gasteiger partial charge in [0, 0.05) is 12.7 Å². The van der Waals surface area contributed by atoms with E-state index >= 15 is 0 Å². The fourth-order valence-electron chi connectivity index (χ4n) is 1.33. The largest absolute Gasteiger partial charge is 0.505 e. The van der Waals surface area contributed by atoms with E-state index in [4.69, 9.17) is 5.11 Å². The molecule has 1 heterocycles.